The van der Waals surface area contributed by atoms with Crippen molar-refractivity contribution < 1.29 is 19.0 Å². The van der Waals surface area contributed by atoms with E-state index in [-0.39, 0.29) is 5.91 Å². The molecule has 0 radical (unpaired) electrons. The first-order valence-corrected chi connectivity index (χ1v) is 11.0. The molecule has 162 valence electrons. The normalized spacial score (nSPS) is 10.5. The van der Waals surface area contributed by atoms with Gasteiger partial charge in [0.1, 0.15) is 17.2 Å². The van der Waals surface area contributed by atoms with Gasteiger partial charge >= 0.3 is 0 Å². The molecule has 6 heteroatoms. The van der Waals surface area contributed by atoms with E-state index in [1.165, 1.54) is 10.5 Å². The summed E-state index contributed by atoms with van der Waals surface area (Å²) in [6, 6.07) is 19.2. The van der Waals surface area contributed by atoms with Gasteiger partial charge in [-0.05, 0) is 56.3 Å². The summed E-state index contributed by atoms with van der Waals surface area (Å²) in [6.45, 7) is 4.59. The maximum Gasteiger partial charge on any atom is 0.255 e. The van der Waals surface area contributed by atoms with Gasteiger partial charge in [-0.2, -0.15) is 0 Å². The van der Waals surface area contributed by atoms with Crippen LogP contribution in [0.15, 0.2) is 65.6 Å². The van der Waals surface area contributed by atoms with Gasteiger partial charge < -0.3 is 19.5 Å². The van der Waals surface area contributed by atoms with Gasteiger partial charge in [-0.3, -0.25) is 4.79 Å². The molecular formula is C25H27NO4S. The molecule has 0 atom stereocenters. The summed E-state index contributed by atoms with van der Waals surface area (Å²) >= 11 is 1.71. The number of rotatable bonds is 9. The Morgan fingerprint density at radius 1 is 0.935 bits per heavy atom. The van der Waals surface area contributed by atoms with Crippen LogP contribution >= 0.6 is 11.8 Å². The lowest BCUT2D eigenvalue weighted by Crippen LogP contribution is -2.13. The number of thioether (sulfide) groups is 1. The lowest BCUT2D eigenvalue weighted by atomic mass is 10.1. The van der Waals surface area contributed by atoms with Crippen LogP contribution in [0.2, 0.25) is 0 Å². The van der Waals surface area contributed by atoms with Crippen LogP contribution in [0.1, 0.15) is 28.4 Å². The Morgan fingerprint density at radius 3 is 2.39 bits per heavy atom. The van der Waals surface area contributed by atoms with Gasteiger partial charge in [-0.15, -0.1) is 11.8 Å². The van der Waals surface area contributed by atoms with Crippen LogP contribution in [0.25, 0.3) is 0 Å². The zero-order valence-corrected chi connectivity index (χ0v) is 19.0. The summed E-state index contributed by atoms with van der Waals surface area (Å²) in [4.78, 5) is 14.1. The Kier molecular flexibility index (Phi) is 7.84. The van der Waals surface area contributed by atoms with Crippen LogP contribution in [-0.2, 0) is 5.75 Å². The zero-order chi connectivity index (χ0) is 22.2. The highest BCUT2D eigenvalue weighted by molar-refractivity contribution is 7.98. The molecule has 0 bridgehead atoms. The van der Waals surface area contributed by atoms with Crippen LogP contribution < -0.4 is 19.5 Å². The number of hydrogen-bond acceptors (Lipinski definition) is 5. The second kappa shape index (κ2) is 10.8. The summed E-state index contributed by atoms with van der Waals surface area (Å²) in [7, 11) is 3.14. The number of amides is 1. The topological polar surface area (TPSA) is 56.8 Å². The van der Waals surface area contributed by atoms with E-state index in [1.54, 1.807) is 50.2 Å². The summed E-state index contributed by atoms with van der Waals surface area (Å²) < 4.78 is 16.4. The standard InChI is InChI=1S/C25H27NO4S/c1-5-30-23-13-8-18(14-19(23)16-31-21-10-6-17(2)7-11-21)25(27)26-22-12-9-20(28-3)15-24(22)29-4/h6-15H,5,16H2,1-4H3,(H,26,27). The Labute approximate surface area is 187 Å². The molecular weight excluding hydrogens is 410 g/mol. The first-order valence-electron chi connectivity index (χ1n) is 10.0. The van der Waals surface area contributed by atoms with Crippen LogP contribution in [0.3, 0.4) is 0 Å². The Hall–Kier alpha value is -3.12. The van der Waals surface area contributed by atoms with Crippen LogP contribution in [-0.4, -0.2) is 26.7 Å². The minimum absolute atomic E-state index is 0.215. The number of nitrogens with one attached hydrogen (secondary N) is 1. The highest BCUT2D eigenvalue weighted by atomic mass is 32.2. The Balaban J connectivity index is 1.80. The molecule has 0 saturated heterocycles. The van der Waals surface area contributed by atoms with Gasteiger partial charge in [-0.1, -0.05) is 17.7 Å². The fourth-order valence-corrected chi connectivity index (χ4v) is 3.90. The van der Waals surface area contributed by atoms with Crippen molar-refractivity contribution in [1.29, 1.82) is 0 Å². The highest BCUT2D eigenvalue weighted by Gasteiger charge is 2.14. The van der Waals surface area contributed by atoms with Crippen molar-refractivity contribution in [1.82, 2.24) is 0 Å². The zero-order valence-electron chi connectivity index (χ0n) is 18.2. The van der Waals surface area contributed by atoms with Gasteiger partial charge in [0.15, 0.2) is 0 Å². The predicted molar refractivity (Wildman–Crippen MR) is 126 cm³/mol. The molecule has 31 heavy (non-hydrogen) atoms. The van der Waals surface area contributed by atoms with E-state index in [4.69, 9.17) is 14.2 Å². The van der Waals surface area contributed by atoms with Crippen molar-refractivity contribution in [2.75, 3.05) is 26.1 Å². The maximum atomic E-state index is 12.9. The minimum atomic E-state index is -0.215. The molecule has 0 aliphatic rings. The van der Waals surface area contributed by atoms with Crippen molar-refractivity contribution in [3.05, 3.63) is 77.4 Å². The number of benzene rings is 3. The van der Waals surface area contributed by atoms with Gasteiger partial charge in [0.05, 0.1) is 26.5 Å². The van der Waals surface area contributed by atoms with E-state index in [9.17, 15) is 4.79 Å². The molecule has 3 aromatic rings. The highest BCUT2D eigenvalue weighted by Crippen LogP contribution is 2.31. The van der Waals surface area contributed by atoms with Gasteiger partial charge in [0.2, 0.25) is 0 Å². The van der Waals surface area contributed by atoms with Crippen molar-refractivity contribution in [3.8, 4) is 17.2 Å². The SMILES string of the molecule is CCOc1ccc(C(=O)Nc2ccc(OC)cc2OC)cc1CSc1ccc(C)cc1. The third-order valence-corrected chi connectivity index (χ3v) is 5.76. The number of hydrogen-bond donors (Lipinski definition) is 1. The van der Waals surface area contributed by atoms with Crippen LogP contribution in [0, 0.1) is 6.92 Å². The maximum absolute atomic E-state index is 12.9. The monoisotopic (exact) mass is 437 g/mol. The molecule has 1 amide bonds. The summed E-state index contributed by atoms with van der Waals surface area (Å²) in [5.41, 5.74) is 3.34. The number of anilines is 1. The summed E-state index contributed by atoms with van der Waals surface area (Å²) in [5.74, 6) is 2.47. The third kappa shape index (κ3) is 5.95. The first kappa shape index (κ1) is 22.6. The fraction of sp³-hybridized carbons (Fsp3) is 0.240. The number of carbonyl (C=O) groups is 1. The molecule has 0 aliphatic carbocycles. The van der Waals surface area contributed by atoms with E-state index < -0.39 is 0 Å². The average molecular weight is 438 g/mol. The first-order chi connectivity index (χ1) is 15.0. The predicted octanol–water partition coefficient (Wildman–Crippen LogP) is 5.96. The lowest BCUT2D eigenvalue weighted by Gasteiger charge is -2.14. The largest absolute Gasteiger partial charge is 0.497 e. The van der Waals surface area contributed by atoms with E-state index in [0.717, 1.165) is 11.3 Å². The van der Waals surface area contributed by atoms with Crippen molar-refractivity contribution >= 4 is 23.4 Å². The number of aryl methyl sites for hydroxylation is 1. The second-order valence-corrected chi connectivity index (χ2v) is 7.93. The van der Waals surface area contributed by atoms with Crippen molar-refractivity contribution in [2.45, 2.75) is 24.5 Å². The molecule has 1 N–H and O–H groups in total. The van der Waals surface area contributed by atoms with Crippen LogP contribution in [0.5, 0.6) is 17.2 Å². The molecule has 0 aliphatic heterocycles. The molecule has 0 spiro atoms. The smallest absolute Gasteiger partial charge is 0.255 e. The Morgan fingerprint density at radius 2 is 1.71 bits per heavy atom. The third-order valence-electron chi connectivity index (χ3n) is 4.69. The summed E-state index contributed by atoms with van der Waals surface area (Å²) in [6.07, 6.45) is 0. The lowest BCUT2D eigenvalue weighted by molar-refractivity contribution is 0.102. The molecule has 3 aromatic carbocycles. The van der Waals surface area contributed by atoms with Crippen molar-refractivity contribution in [3.63, 3.8) is 0 Å². The molecule has 3 rings (SSSR count). The second-order valence-electron chi connectivity index (χ2n) is 6.88. The number of ether oxygens (including phenoxy) is 3. The van der Waals surface area contributed by atoms with E-state index in [1.807, 2.05) is 19.1 Å². The van der Waals surface area contributed by atoms with E-state index in [0.29, 0.717) is 35.1 Å². The molecule has 0 aromatic heterocycles. The Bertz CT molecular complexity index is 1030. The molecule has 0 heterocycles. The summed E-state index contributed by atoms with van der Waals surface area (Å²) in [5, 5.41) is 2.92. The van der Waals surface area contributed by atoms with Crippen molar-refractivity contribution in [2.24, 2.45) is 0 Å². The van der Waals surface area contributed by atoms with Crippen LogP contribution in [0.4, 0.5) is 5.69 Å². The van der Waals surface area contributed by atoms with E-state index >= 15 is 0 Å². The molecule has 5 nitrogen and oxygen atoms in total. The van der Waals surface area contributed by atoms with E-state index in [2.05, 4.69) is 36.5 Å². The van der Waals surface area contributed by atoms with Gasteiger partial charge in [-0.25, -0.2) is 0 Å². The fourth-order valence-electron chi connectivity index (χ4n) is 3.02. The van der Waals surface area contributed by atoms with Gasteiger partial charge in [0, 0.05) is 27.8 Å². The molecule has 0 unspecified atom stereocenters. The van der Waals surface area contributed by atoms with Gasteiger partial charge in [0.25, 0.3) is 5.91 Å². The quantitative estimate of drug-likeness (QED) is 0.419. The minimum Gasteiger partial charge on any atom is -0.497 e. The average Bonchev–Trinajstić information content (AvgIpc) is 2.79. The number of carbonyl (C=O) groups excluding carboxylic acids is 1. The molecule has 0 saturated carbocycles. The number of methoxy groups -OCH3 is 2. The molecule has 0 fully saturated rings.